The molecular weight excluding hydrogens is 375 g/mol. The van der Waals surface area contributed by atoms with Crippen LogP contribution in [-0.4, -0.2) is 63.2 Å². The van der Waals surface area contributed by atoms with Crippen LogP contribution in [0.3, 0.4) is 0 Å². The lowest BCUT2D eigenvalue weighted by Gasteiger charge is -2.22. The number of ether oxygens (including phenoxy) is 1. The summed E-state index contributed by atoms with van der Waals surface area (Å²) in [6, 6.07) is 1.68. The van der Waals surface area contributed by atoms with Gasteiger partial charge in [0.25, 0.3) is 0 Å². The largest absolute Gasteiger partial charge is 0.368 e. The third-order valence-electron chi connectivity index (χ3n) is 3.97. The molecule has 148 valence electrons. The van der Waals surface area contributed by atoms with E-state index in [1.165, 1.54) is 22.0 Å². The van der Waals surface area contributed by atoms with Crippen molar-refractivity contribution in [2.45, 2.75) is 26.4 Å². The van der Waals surface area contributed by atoms with Gasteiger partial charge in [-0.1, -0.05) is 0 Å². The van der Waals surface area contributed by atoms with Gasteiger partial charge in [-0.05, 0) is 20.3 Å². The molecule has 11 nitrogen and oxygen atoms in total. The van der Waals surface area contributed by atoms with Crippen molar-refractivity contribution in [1.29, 1.82) is 0 Å². The third-order valence-corrected chi connectivity index (χ3v) is 5.74. The van der Waals surface area contributed by atoms with E-state index >= 15 is 0 Å². The Labute approximate surface area is 156 Å². The van der Waals surface area contributed by atoms with Crippen LogP contribution in [-0.2, 0) is 18.3 Å². The number of hydrogen-bond donors (Lipinski definition) is 0. The Morgan fingerprint density at radius 3 is 2.70 bits per heavy atom. The van der Waals surface area contributed by atoms with Crippen molar-refractivity contribution < 1.29 is 18.3 Å². The van der Waals surface area contributed by atoms with E-state index in [4.69, 9.17) is 13.8 Å². The van der Waals surface area contributed by atoms with Crippen molar-refractivity contribution in [2.75, 3.05) is 37.7 Å². The molecule has 0 spiro atoms. The molecular formula is C15H23N6O5P. The van der Waals surface area contributed by atoms with E-state index in [0.29, 0.717) is 25.3 Å². The number of nitrogens with zero attached hydrogens (tertiary/aromatic N) is 6. The van der Waals surface area contributed by atoms with Crippen molar-refractivity contribution in [2.24, 2.45) is 0 Å². The summed E-state index contributed by atoms with van der Waals surface area (Å²) < 4.78 is 31.5. The molecule has 0 aromatic carbocycles. The Morgan fingerprint density at radius 2 is 2.07 bits per heavy atom. The fourth-order valence-electron chi connectivity index (χ4n) is 2.80. The predicted octanol–water partition coefficient (Wildman–Crippen LogP) is 0.774. The summed E-state index contributed by atoms with van der Waals surface area (Å²) in [5.74, 6) is 0.398. The van der Waals surface area contributed by atoms with Crippen LogP contribution in [0.4, 0.5) is 0 Å². The minimum absolute atomic E-state index is 0.106. The molecule has 0 saturated carbocycles. The van der Waals surface area contributed by atoms with Gasteiger partial charge in [0.2, 0.25) is 0 Å². The first-order valence-corrected chi connectivity index (χ1v) is 10.5. The summed E-state index contributed by atoms with van der Waals surface area (Å²) in [6.07, 6.45) is 4.89. The van der Waals surface area contributed by atoms with Crippen LogP contribution in [0.5, 0.6) is 0 Å². The van der Waals surface area contributed by atoms with Gasteiger partial charge in [-0.2, -0.15) is 10.1 Å². The molecule has 12 heteroatoms. The van der Waals surface area contributed by atoms with Gasteiger partial charge in [0.05, 0.1) is 25.9 Å². The zero-order valence-electron chi connectivity index (χ0n) is 15.3. The Hall–Kier alpha value is -2.07. The molecule has 0 N–H and O–H groups in total. The van der Waals surface area contributed by atoms with E-state index in [9.17, 15) is 9.36 Å². The fourth-order valence-corrected chi connectivity index (χ4v) is 4.20. The number of rotatable bonds is 9. The first kappa shape index (κ1) is 19.7. The molecule has 0 amide bonds. The Bertz CT molecular complexity index is 831. The highest BCUT2D eigenvalue weighted by Crippen LogP contribution is 2.48. The molecule has 0 bridgehead atoms. The topological polar surface area (TPSA) is 114 Å². The molecule has 0 aliphatic carbocycles. The van der Waals surface area contributed by atoms with Gasteiger partial charge in [-0.15, -0.1) is 0 Å². The monoisotopic (exact) mass is 398 g/mol. The van der Waals surface area contributed by atoms with E-state index in [2.05, 4.69) is 15.1 Å². The summed E-state index contributed by atoms with van der Waals surface area (Å²) in [6.45, 7) is 5.18. The van der Waals surface area contributed by atoms with E-state index in [1.54, 1.807) is 26.1 Å². The van der Waals surface area contributed by atoms with Gasteiger partial charge in [0, 0.05) is 18.8 Å². The maximum absolute atomic E-state index is 12.5. The number of hydrogen-bond acceptors (Lipinski definition) is 9. The molecule has 0 radical (unpaired) electrons. The molecule has 27 heavy (non-hydrogen) atoms. The van der Waals surface area contributed by atoms with Gasteiger partial charge in [-0.25, -0.2) is 19.1 Å². The molecule has 1 fully saturated rings. The van der Waals surface area contributed by atoms with Crippen LogP contribution < -0.4 is 10.7 Å². The number of aromatic nitrogens is 5. The van der Waals surface area contributed by atoms with E-state index in [1.807, 2.05) is 5.01 Å². The smallest absolute Gasteiger partial charge is 0.364 e. The predicted molar refractivity (Wildman–Crippen MR) is 96.6 cm³/mol. The lowest BCUT2D eigenvalue weighted by Crippen LogP contribution is -2.42. The Morgan fingerprint density at radius 1 is 1.30 bits per heavy atom. The highest BCUT2D eigenvalue weighted by Gasteiger charge is 2.30. The fraction of sp³-hybridized carbons (Fsp3) is 0.600. The highest BCUT2D eigenvalue weighted by atomic mass is 31.2. The molecule has 2 aromatic rings. The Balaban J connectivity index is 1.61. The lowest BCUT2D eigenvalue weighted by molar-refractivity contribution is 0.0786. The van der Waals surface area contributed by atoms with Crippen molar-refractivity contribution in [3.63, 3.8) is 0 Å². The highest BCUT2D eigenvalue weighted by molar-refractivity contribution is 7.53. The molecule has 1 atom stereocenters. The molecule has 1 unspecified atom stereocenters. The maximum atomic E-state index is 12.5. The van der Waals surface area contributed by atoms with Gasteiger partial charge < -0.3 is 18.8 Å². The van der Waals surface area contributed by atoms with Crippen LogP contribution in [0.1, 0.15) is 20.3 Å². The standard InChI is InChI=1S/C15H23N6O5P/c1-3-25-27(23,26-4-2)12-24-13-5-7-19(9-13)21-8-6-14(18-15(21)22)20-11-16-10-17-20/h6,8,10-11,13H,3-5,7,9,12H2,1-2H3. The summed E-state index contributed by atoms with van der Waals surface area (Å²) in [5.41, 5.74) is -0.419. The Kier molecular flexibility index (Phi) is 6.38. The SMILES string of the molecule is CCOP(=O)(COC1CCN(n2ccc(-n3cncn3)nc2=O)C1)OCC. The lowest BCUT2D eigenvalue weighted by atomic mass is 10.3. The van der Waals surface area contributed by atoms with Gasteiger partial charge in [-0.3, -0.25) is 4.57 Å². The van der Waals surface area contributed by atoms with Crippen LogP contribution in [0.15, 0.2) is 29.7 Å². The minimum Gasteiger partial charge on any atom is -0.364 e. The molecule has 3 heterocycles. The molecule has 3 rings (SSSR count). The van der Waals surface area contributed by atoms with Crippen LogP contribution in [0, 0.1) is 0 Å². The quantitative estimate of drug-likeness (QED) is 0.565. The van der Waals surface area contributed by atoms with Crippen LogP contribution in [0.25, 0.3) is 5.82 Å². The van der Waals surface area contributed by atoms with E-state index in [0.717, 1.165) is 0 Å². The average Bonchev–Trinajstić information content (AvgIpc) is 3.33. The summed E-state index contributed by atoms with van der Waals surface area (Å²) >= 11 is 0. The van der Waals surface area contributed by atoms with Crippen molar-refractivity contribution >= 4 is 7.60 Å². The zero-order chi connectivity index (χ0) is 19.3. The summed E-state index contributed by atoms with van der Waals surface area (Å²) in [4.78, 5) is 20.2. The van der Waals surface area contributed by atoms with Crippen molar-refractivity contribution in [3.8, 4) is 5.82 Å². The first-order chi connectivity index (χ1) is 13.0. The first-order valence-electron chi connectivity index (χ1n) is 8.74. The minimum atomic E-state index is -3.24. The van der Waals surface area contributed by atoms with Crippen molar-refractivity contribution in [1.82, 2.24) is 24.4 Å². The molecule has 1 saturated heterocycles. The van der Waals surface area contributed by atoms with Gasteiger partial charge >= 0.3 is 13.3 Å². The van der Waals surface area contributed by atoms with Crippen molar-refractivity contribution in [3.05, 3.63) is 35.4 Å². The maximum Gasteiger partial charge on any atom is 0.368 e. The molecule has 2 aromatic heterocycles. The normalized spacial score (nSPS) is 17.6. The summed E-state index contributed by atoms with van der Waals surface area (Å²) in [5, 5.41) is 5.79. The molecule has 1 aliphatic rings. The van der Waals surface area contributed by atoms with Gasteiger partial charge in [0.1, 0.15) is 19.0 Å². The van der Waals surface area contributed by atoms with Crippen LogP contribution in [0.2, 0.25) is 0 Å². The third kappa shape index (κ3) is 4.81. The second-order valence-corrected chi connectivity index (χ2v) is 7.81. The second-order valence-electron chi connectivity index (χ2n) is 5.82. The second kappa shape index (κ2) is 8.75. The van der Waals surface area contributed by atoms with Crippen LogP contribution >= 0.6 is 7.60 Å². The van der Waals surface area contributed by atoms with E-state index in [-0.39, 0.29) is 25.7 Å². The summed E-state index contributed by atoms with van der Waals surface area (Å²) in [7, 11) is -3.24. The van der Waals surface area contributed by atoms with E-state index < -0.39 is 13.3 Å². The average molecular weight is 398 g/mol. The zero-order valence-corrected chi connectivity index (χ0v) is 16.2. The molecule has 1 aliphatic heterocycles. The van der Waals surface area contributed by atoms with Gasteiger partial charge in [0.15, 0.2) is 5.82 Å².